The van der Waals surface area contributed by atoms with Gasteiger partial charge in [0.25, 0.3) is 0 Å². The van der Waals surface area contributed by atoms with Gasteiger partial charge in [0.05, 0.1) is 79.5 Å². The molecule has 0 aliphatic heterocycles. The van der Waals surface area contributed by atoms with Gasteiger partial charge >= 0.3 is 5.97 Å². The van der Waals surface area contributed by atoms with E-state index in [0.717, 1.165) is 32.6 Å². The minimum atomic E-state index is -1.91. The summed E-state index contributed by atoms with van der Waals surface area (Å²) in [6.07, 6.45) is 15.4. The molecule has 0 spiro atoms. The van der Waals surface area contributed by atoms with Gasteiger partial charge in [-0.25, -0.2) is 4.98 Å². The van der Waals surface area contributed by atoms with Crippen molar-refractivity contribution in [1.29, 1.82) is 0 Å². The normalized spacial score (nSPS) is 14.6. The van der Waals surface area contributed by atoms with Crippen LogP contribution in [0, 0.1) is 47.3 Å². The van der Waals surface area contributed by atoms with Crippen molar-refractivity contribution < 1.29 is 92.3 Å². The number of unbranched alkanes of at least 4 members (excludes halogenated alkanes) is 14. The Morgan fingerprint density at radius 3 is 1.40 bits per heavy atom. The van der Waals surface area contributed by atoms with Crippen LogP contribution in [0.2, 0.25) is 0 Å². The number of carbonyl (C=O) groups excluding carboxylic acids is 14. The van der Waals surface area contributed by atoms with Gasteiger partial charge in [-0.3, -0.25) is 81.9 Å². The highest BCUT2D eigenvalue weighted by Crippen LogP contribution is 2.26. The number of thioether (sulfide) groups is 1. The molecule has 37 nitrogen and oxygen atoms in total. The fourth-order valence-corrected chi connectivity index (χ4v) is 15.8. The molecule has 38 heteroatoms. The molecule has 1 heterocycles. The molecule has 1 aromatic carbocycles. The van der Waals surface area contributed by atoms with Gasteiger partial charge in [0.15, 0.2) is 46.6 Å². The first kappa shape index (κ1) is 116. The van der Waals surface area contributed by atoms with E-state index in [1.807, 2.05) is 27.7 Å². The summed E-state index contributed by atoms with van der Waals surface area (Å²) in [6.45, 7) is 11.7. The quantitative estimate of drug-likeness (QED) is 0.0240. The fraction of sp³-hybridized carbons (Fsp3) is 0.717. The lowest BCUT2D eigenvalue weighted by Crippen LogP contribution is -2.51. The zero-order valence-corrected chi connectivity index (χ0v) is 78.9. The number of imidazole rings is 1. The Morgan fingerprint density at radius 1 is 0.446 bits per heavy atom. The largest absolute Gasteiger partial charge is 0.508 e. The average molecular weight is 1850 g/mol. The molecule has 1 aromatic heterocycles. The summed E-state index contributed by atoms with van der Waals surface area (Å²) in [7, 11) is 0. The number of hydrogen-bond acceptors (Lipinski definition) is 24. The molecule has 0 bridgehead atoms. The molecule has 0 unspecified atom stereocenters. The van der Waals surface area contributed by atoms with Crippen molar-refractivity contribution in [3.05, 3.63) is 48.0 Å². The number of aromatic hydroxyl groups is 1. The number of aliphatic imine (C=N–C) groups is 2. The molecular weight excluding hydrogens is 1690 g/mol. The Hall–Kier alpha value is -9.79. The van der Waals surface area contributed by atoms with Crippen molar-refractivity contribution in [2.45, 2.75) is 328 Å². The number of carboxylic acid groups (broad SMARTS) is 1. The molecule has 2 rings (SSSR count). The van der Waals surface area contributed by atoms with Gasteiger partial charge in [0, 0.05) is 94.1 Å². The van der Waals surface area contributed by atoms with Crippen molar-refractivity contribution in [3.8, 4) is 5.75 Å². The van der Waals surface area contributed by atoms with E-state index in [2.05, 4.69) is 64.1 Å². The first-order valence-electron chi connectivity index (χ1n) is 46.6. The van der Waals surface area contributed by atoms with E-state index in [4.69, 9.17) is 40.1 Å². The summed E-state index contributed by atoms with van der Waals surface area (Å²) in [5.74, 6) is -20.6. The Labute approximate surface area is 771 Å². The maximum absolute atomic E-state index is 15.0. The number of primary amides is 1. The van der Waals surface area contributed by atoms with E-state index < -0.39 is 205 Å². The van der Waals surface area contributed by atoms with Crippen LogP contribution in [0.25, 0.3) is 0 Å². The highest BCUT2D eigenvalue weighted by Gasteiger charge is 2.40. The van der Waals surface area contributed by atoms with Gasteiger partial charge in [-0.1, -0.05) is 130 Å². The second kappa shape index (κ2) is 66.6. The summed E-state index contributed by atoms with van der Waals surface area (Å²) in [5.41, 5.74) is 40.8. The van der Waals surface area contributed by atoms with Gasteiger partial charge in [-0.05, 0) is 158 Å². The second-order valence-corrected chi connectivity index (χ2v) is 36.3. The SMILES string of the molecule is CCCCCCCCCCCCCCCC(=O)N[C@@H](CCCCN)C(=O)N[C@@H](C)C(=O)C[C@@H](CC(C)C)C(=O)N[C@@H](CCCN=C(N)N)C(=O)C[C@@H](CO)C(=O)N[C@@H](CCSC)C(=O)C[C@H](C(=O)N[C@@H](CC(=O)O)C(=O)C[C@@H](CCCCN)C(=O)N[C@@H](Cc1ccc(O)cc1)C(=O)C[C@@H](CCCN=C(N)N)C(=O)N[C@@H](CC(C)C)C(=O)C[C@@H](Cc1cnc[nH]1)C(N)=O)[C@@H](C)O. The number of ketones is 6. The average Bonchev–Trinajstić information content (AvgIpc) is 1.04. The Morgan fingerprint density at radius 2 is 0.892 bits per heavy atom. The number of aliphatic hydroxyl groups is 2. The first-order valence-corrected chi connectivity index (χ1v) is 48.0. The Bertz CT molecular complexity index is 3840. The van der Waals surface area contributed by atoms with Crippen molar-refractivity contribution in [3.63, 3.8) is 0 Å². The zero-order chi connectivity index (χ0) is 97.2. The molecule has 0 aliphatic rings. The van der Waals surface area contributed by atoms with E-state index in [9.17, 15) is 92.3 Å². The van der Waals surface area contributed by atoms with Gasteiger partial charge in [-0.2, -0.15) is 11.8 Å². The first-order chi connectivity index (χ1) is 61.8. The number of nitrogens with one attached hydrogen (secondary N) is 8. The number of aromatic amines is 1. The van der Waals surface area contributed by atoms with Crippen LogP contribution in [-0.4, -0.2) is 223 Å². The Kier molecular flexibility index (Phi) is 59.5. The minimum Gasteiger partial charge on any atom is -0.508 e. The monoisotopic (exact) mass is 1850 g/mol. The van der Waals surface area contributed by atoms with Crippen molar-refractivity contribution in [2.75, 3.05) is 44.8 Å². The topological polar surface area (TPSA) is 657 Å². The van der Waals surface area contributed by atoms with Crippen LogP contribution in [-0.2, 0) is 84.8 Å². The number of nitrogens with zero attached hydrogens (tertiary/aromatic N) is 3. The molecule has 0 saturated heterocycles. The number of hydrogen-bond donors (Lipinski definition) is 19. The smallest absolute Gasteiger partial charge is 0.305 e. The highest BCUT2D eigenvalue weighted by molar-refractivity contribution is 7.98. The Balaban J connectivity index is 2.46. The molecule has 26 N–H and O–H groups in total. The van der Waals surface area contributed by atoms with E-state index in [1.165, 1.54) is 107 Å². The summed E-state index contributed by atoms with van der Waals surface area (Å²) < 4.78 is 0. The van der Waals surface area contributed by atoms with Crippen LogP contribution in [0.3, 0.4) is 0 Å². The lowest BCUT2D eigenvalue weighted by molar-refractivity contribution is -0.142. The van der Waals surface area contributed by atoms with E-state index in [1.54, 1.807) is 6.26 Å². The van der Waals surface area contributed by atoms with Gasteiger partial charge in [0.1, 0.15) is 11.8 Å². The number of aliphatic carboxylic acids is 1. The van der Waals surface area contributed by atoms with Crippen molar-refractivity contribution in [1.82, 2.24) is 47.2 Å². The van der Waals surface area contributed by atoms with Gasteiger partial charge in [-0.15, -0.1) is 0 Å². The van der Waals surface area contributed by atoms with E-state index in [0.29, 0.717) is 43.5 Å². The third-order valence-electron chi connectivity index (χ3n) is 23.0. The number of guanidine groups is 2. The van der Waals surface area contributed by atoms with E-state index in [-0.39, 0.29) is 157 Å². The van der Waals surface area contributed by atoms with Crippen molar-refractivity contribution >= 4 is 112 Å². The number of rotatable bonds is 77. The van der Waals surface area contributed by atoms with Gasteiger partial charge < -0.3 is 103 Å². The highest BCUT2D eigenvalue weighted by atomic mass is 32.2. The predicted molar refractivity (Wildman–Crippen MR) is 500 cm³/mol. The number of carboxylic acids is 1. The number of amides is 8. The molecule has 734 valence electrons. The third-order valence-corrected chi connectivity index (χ3v) is 23.6. The van der Waals surface area contributed by atoms with Crippen LogP contribution in [0.15, 0.2) is 46.8 Å². The molecule has 0 saturated carbocycles. The standard InChI is InChI=1S/C92H156N18O19S/c1-9-10-11-12-13-14-15-16-17-18-19-20-21-32-82(120)105-72(30-23-25-39-94)90(129)104-59(6)76(114)50-65(43-57(2)3)87(126)106-70(31-27-41-102-92(98)99)77(115)51-66(55-111)88(127)107-71(37-42-130-8)81(119)52-69(60(7)112)89(128)110-75(53-83(121)122)79(117)47-62(28-22-24-38-93)85(124)109-74(45-61-33-35-68(113)36-34-61)78(116)48-63(29-26-40-101-91(96)97)86(125)108-73(44-58(4)5)80(118)49-64(84(95)123)46-67-54-100-56-103-67/h33-36,54,56-60,62-66,69-75,111-113H,9-32,37-53,55,93-94H2,1-8H3,(H2,95,123)(H,100,103)(H,104,129)(H,105,120)(H,106,126)(H,107,127)(H,108,125)(H,109,124)(H,110,128)(H,121,122)(H4,96,97,101)(H4,98,99,102)/t59-,60+,62+,63+,64+,65+,66-,69-,70-,71-,72-,73-,74-,75-/m0/s1. The number of benzene rings is 1. The summed E-state index contributed by atoms with van der Waals surface area (Å²) in [6, 6.07) is -3.73. The lowest BCUT2D eigenvalue weighted by atomic mass is 9.88. The minimum absolute atomic E-state index is 0.00343. The van der Waals surface area contributed by atoms with Crippen LogP contribution >= 0.6 is 11.8 Å². The number of carbonyl (C=O) groups is 15. The van der Waals surface area contributed by atoms with Gasteiger partial charge in [0.2, 0.25) is 47.3 Å². The number of phenolic OH excluding ortho intramolecular Hbond substituents is 1. The van der Waals surface area contributed by atoms with Crippen LogP contribution in [0.4, 0.5) is 0 Å². The van der Waals surface area contributed by atoms with Crippen LogP contribution < -0.4 is 77.4 Å². The zero-order valence-electron chi connectivity index (χ0n) is 78.1. The maximum Gasteiger partial charge on any atom is 0.305 e. The number of aromatic nitrogens is 2. The number of phenols is 1. The molecule has 14 atom stereocenters. The molecule has 0 fully saturated rings. The fourth-order valence-electron chi connectivity index (χ4n) is 15.4. The summed E-state index contributed by atoms with van der Waals surface area (Å²) >= 11 is 1.27. The summed E-state index contributed by atoms with van der Waals surface area (Å²) in [5, 5.41) is 61.4. The molecular formula is C92H156N18O19S. The number of Topliss-reactive ketones (excluding diaryl/α,β-unsaturated/α-hetero) is 6. The summed E-state index contributed by atoms with van der Waals surface area (Å²) in [4.78, 5) is 227. The van der Waals surface area contributed by atoms with Crippen LogP contribution in [0.5, 0.6) is 5.75 Å². The molecule has 130 heavy (non-hydrogen) atoms. The van der Waals surface area contributed by atoms with Crippen LogP contribution in [0.1, 0.15) is 278 Å². The third kappa shape index (κ3) is 50.0. The molecule has 8 amide bonds. The maximum atomic E-state index is 15.0. The molecule has 0 aliphatic carbocycles. The predicted octanol–water partition coefficient (Wildman–Crippen LogP) is 4.79. The number of nitrogens with two attached hydrogens (primary N) is 7. The molecule has 2 aromatic rings. The molecule has 0 radical (unpaired) electrons. The van der Waals surface area contributed by atoms with E-state index >= 15 is 0 Å². The lowest BCUT2D eigenvalue weighted by Gasteiger charge is -2.27. The van der Waals surface area contributed by atoms with Crippen molar-refractivity contribution in [2.24, 2.45) is 97.5 Å². The number of H-pyrrole nitrogens is 1. The number of aliphatic hydroxyl groups excluding tert-OH is 2. The second-order valence-electron chi connectivity index (χ2n) is 35.3.